The standard InChI is InChI=1S/C24H35NO8/c1-5-8-9-10-23(28)31-14-13-25-18(24(29)30-4)15-17-11-12-19(32-21(26)6-2)20(16-17)33-22(27)7-3/h11-12,16,18,25H,5-10,13-15H2,1-4H3/t18-/m0/s1. The number of benzene rings is 1. The molecule has 0 aromatic heterocycles. The number of unbranched alkanes of at least 4 members (excludes halogenated alkanes) is 2. The van der Waals surface area contributed by atoms with Gasteiger partial charge in [0, 0.05) is 25.8 Å². The predicted octanol–water partition coefficient (Wildman–Crippen LogP) is 3.11. The van der Waals surface area contributed by atoms with Crippen molar-refractivity contribution in [2.75, 3.05) is 20.3 Å². The minimum Gasteiger partial charge on any atom is -0.468 e. The maximum absolute atomic E-state index is 12.2. The molecule has 33 heavy (non-hydrogen) atoms. The molecule has 1 rings (SSSR count). The fourth-order valence-corrected chi connectivity index (χ4v) is 2.84. The molecule has 1 N–H and O–H groups in total. The lowest BCUT2D eigenvalue weighted by Crippen LogP contribution is -2.41. The second kappa shape index (κ2) is 15.8. The van der Waals surface area contributed by atoms with Crippen molar-refractivity contribution in [1.29, 1.82) is 0 Å². The fourth-order valence-electron chi connectivity index (χ4n) is 2.84. The van der Waals surface area contributed by atoms with Crippen molar-refractivity contribution in [2.45, 2.75) is 71.8 Å². The van der Waals surface area contributed by atoms with Crippen LogP contribution < -0.4 is 14.8 Å². The first-order valence-electron chi connectivity index (χ1n) is 11.4. The third kappa shape index (κ3) is 11.0. The van der Waals surface area contributed by atoms with Crippen LogP contribution in [0.4, 0.5) is 0 Å². The number of carbonyl (C=O) groups is 4. The van der Waals surface area contributed by atoms with E-state index in [-0.39, 0.29) is 49.9 Å². The van der Waals surface area contributed by atoms with Crippen LogP contribution in [-0.4, -0.2) is 50.2 Å². The summed E-state index contributed by atoms with van der Waals surface area (Å²) in [6, 6.07) is 4.03. The quantitative estimate of drug-likeness (QED) is 0.237. The fraction of sp³-hybridized carbons (Fsp3) is 0.583. The summed E-state index contributed by atoms with van der Waals surface area (Å²) in [7, 11) is 1.28. The molecule has 0 fully saturated rings. The van der Waals surface area contributed by atoms with Gasteiger partial charge in [-0.1, -0.05) is 39.7 Å². The average molecular weight is 466 g/mol. The van der Waals surface area contributed by atoms with Crippen molar-refractivity contribution < 1.29 is 38.1 Å². The molecule has 0 amide bonds. The molecule has 1 atom stereocenters. The second-order valence-corrected chi connectivity index (χ2v) is 7.35. The lowest BCUT2D eigenvalue weighted by atomic mass is 10.1. The molecule has 1 aromatic carbocycles. The summed E-state index contributed by atoms with van der Waals surface area (Å²) in [4.78, 5) is 47.4. The zero-order valence-corrected chi connectivity index (χ0v) is 19.9. The Kier molecular flexibility index (Phi) is 13.4. The molecule has 0 aliphatic carbocycles. The van der Waals surface area contributed by atoms with Crippen LogP contribution in [0, 0.1) is 0 Å². The molecule has 0 radical (unpaired) electrons. The van der Waals surface area contributed by atoms with Gasteiger partial charge in [0.1, 0.15) is 12.6 Å². The Balaban J connectivity index is 2.81. The highest BCUT2D eigenvalue weighted by Crippen LogP contribution is 2.30. The first kappa shape index (κ1) is 28.1. The highest BCUT2D eigenvalue weighted by molar-refractivity contribution is 5.77. The number of hydrogen-bond acceptors (Lipinski definition) is 9. The van der Waals surface area contributed by atoms with Gasteiger partial charge in [-0.15, -0.1) is 0 Å². The largest absolute Gasteiger partial charge is 0.468 e. The molecule has 0 saturated carbocycles. The van der Waals surface area contributed by atoms with Crippen molar-refractivity contribution in [3.8, 4) is 11.5 Å². The van der Waals surface area contributed by atoms with Gasteiger partial charge in [0.25, 0.3) is 0 Å². The van der Waals surface area contributed by atoms with Gasteiger partial charge in [-0.2, -0.15) is 0 Å². The third-order valence-corrected chi connectivity index (χ3v) is 4.70. The molecule has 0 saturated heterocycles. The van der Waals surface area contributed by atoms with Gasteiger partial charge in [0.2, 0.25) is 0 Å². The Morgan fingerprint density at radius 2 is 1.58 bits per heavy atom. The Bertz CT molecular complexity index is 793. The van der Waals surface area contributed by atoms with Gasteiger partial charge in [0.05, 0.1) is 7.11 Å². The minimum atomic E-state index is -0.715. The summed E-state index contributed by atoms with van der Waals surface area (Å²) in [6.07, 6.45) is 3.70. The van der Waals surface area contributed by atoms with Gasteiger partial charge in [0.15, 0.2) is 11.5 Å². The van der Waals surface area contributed by atoms with E-state index in [0.717, 1.165) is 19.3 Å². The molecular weight excluding hydrogens is 430 g/mol. The summed E-state index contributed by atoms with van der Waals surface area (Å²) >= 11 is 0. The monoisotopic (exact) mass is 465 g/mol. The van der Waals surface area contributed by atoms with Crippen LogP contribution >= 0.6 is 0 Å². The maximum Gasteiger partial charge on any atom is 0.323 e. The SMILES string of the molecule is CCCCCC(=O)OCCN[C@@H](Cc1ccc(OC(=O)CC)c(OC(=O)CC)c1)C(=O)OC. The van der Waals surface area contributed by atoms with Gasteiger partial charge in [-0.3, -0.25) is 19.2 Å². The molecule has 0 aliphatic heterocycles. The van der Waals surface area contributed by atoms with Gasteiger partial charge in [-0.05, 0) is 30.5 Å². The summed E-state index contributed by atoms with van der Waals surface area (Å²) in [5.74, 6) is -1.47. The number of nitrogens with one attached hydrogen (secondary N) is 1. The zero-order chi connectivity index (χ0) is 24.6. The molecule has 1 aromatic rings. The number of esters is 4. The molecule has 0 unspecified atom stereocenters. The van der Waals surface area contributed by atoms with Crippen molar-refractivity contribution in [2.24, 2.45) is 0 Å². The Morgan fingerprint density at radius 1 is 0.909 bits per heavy atom. The number of hydrogen-bond donors (Lipinski definition) is 1. The van der Waals surface area contributed by atoms with Crippen LogP contribution in [0.5, 0.6) is 11.5 Å². The molecular formula is C24H35NO8. The summed E-state index contributed by atoms with van der Waals surface area (Å²) in [6.45, 7) is 5.76. The molecule has 0 bridgehead atoms. The maximum atomic E-state index is 12.2. The first-order chi connectivity index (χ1) is 15.8. The van der Waals surface area contributed by atoms with E-state index in [9.17, 15) is 19.2 Å². The van der Waals surface area contributed by atoms with E-state index in [1.165, 1.54) is 13.2 Å². The Morgan fingerprint density at radius 3 is 2.18 bits per heavy atom. The van der Waals surface area contributed by atoms with Crippen LogP contribution in [-0.2, 0) is 35.1 Å². The lowest BCUT2D eigenvalue weighted by molar-refractivity contribution is -0.144. The van der Waals surface area contributed by atoms with E-state index < -0.39 is 23.9 Å². The van der Waals surface area contributed by atoms with E-state index in [0.29, 0.717) is 12.0 Å². The predicted molar refractivity (Wildman–Crippen MR) is 121 cm³/mol. The third-order valence-electron chi connectivity index (χ3n) is 4.70. The molecule has 0 aliphatic rings. The minimum absolute atomic E-state index is 0.103. The van der Waals surface area contributed by atoms with Gasteiger partial charge >= 0.3 is 23.9 Å². The summed E-state index contributed by atoms with van der Waals surface area (Å²) in [5.41, 5.74) is 0.657. The number of ether oxygens (including phenoxy) is 4. The highest BCUT2D eigenvalue weighted by atomic mass is 16.6. The van der Waals surface area contributed by atoms with Crippen molar-refractivity contribution in [3.63, 3.8) is 0 Å². The van der Waals surface area contributed by atoms with E-state index in [1.54, 1.807) is 26.0 Å². The molecule has 0 spiro atoms. The van der Waals surface area contributed by atoms with Gasteiger partial charge < -0.3 is 24.3 Å². The van der Waals surface area contributed by atoms with E-state index in [2.05, 4.69) is 12.2 Å². The molecule has 9 nitrogen and oxygen atoms in total. The van der Waals surface area contributed by atoms with Crippen molar-refractivity contribution in [3.05, 3.63) is 23.8 Å². The summed E-state index contributed by atoms with van der Waals surface area (Å²) in [5, 5.41) is 3.02. The van der Waals surface area contributed by atoms with Crippen LogP contribution in [0.25, 0.3) is 0 Å². The van der Waals surface area contributed by atoms with Gasteiger partial charge in [-0.25, -0.2) is 0 Å². The van der Waals surface area contributed by atoms with Crippen LogP contribution in [0.15, 0.2) is 18.2 Å². The Labute approximate surface area is 195 Å². The number of carbonyl (C=O) groups excluding carboxylic acids is 4. The smallest absolute Gasteiger partial charge is 0.323 e. The molecule has 0 heterocycles. The van der Waals surface area contributed by atoms with E-state index >= 15 is 0 Å². The first-order valence-corrected chi connectivity index (χ1v) is 11.4. The van der Waals surface area contributed by atoms with E-state index in [1.807, 2.05) is 0 Å². The topological polar surface area (TPSA) is 117 Å². The number of rotatable bonds is 15. The average Bonchev–Trinajstić information content (AvgIpc) is 2.81. The highest BCUT2D eigenvalue weighted by Gasteiger charge is 2.21. The summed E-state index contributed by atoms with van der Waals surface area (Å²) < 4.78 is 20.6. The van der Waals surface area contributed by atoms with Crippen molar-refractivity contribution in [1.82, 2.24) is 5.32 Å². The molecule has 184 valence electrons. The van der Waals surface area contributed by atoms with Crippen LogP contribution in [0.3, 0.4) is 0 Å². The van der Waals surface area contributed by atoms with E-state index in [4.69, 9.17) is 18.9 Å². The lowest BCUT2D eigenvalue weighted by Gasteiger charge is -2.18. The second-order valence-electron chi connectivity index (χ2n) is 7.35. The zero-order valence-electron chi connectivity index (χ0n) is 19.9. The van der Waals surface area contributed by atoms with Crippen molar-refractivity contribution >= 4 is 23.9 Å². The molecule has 9 heteroatoms. The Hall–Kier alpha value is -2.94. The van der Waals surface area contributed by atoms with Crippen LogP contribution in [0.2, 0.25) is 0 Å². The normalized spacial score (nSPS) is 11.4. The van der Waals surface area contributed by atoms with Crippen LogP contribution in [0.1, 0.15) is 64.9 Å². The number of methoxy groups -OCH3 is 1.